The van der Waals surface area contributed by atoms with E-state index in [0.717, 1.165) is 18.9 Å². The largest absolute Gasteiger partial charge is 0.312 e. The van der Waals surface area contributed by atoms with Gasteiger partial charge in [0.05, 0.1) is 4.47 Å². The summed E-state index contributed by atoms with van der Waals surface area (Å²) in [5.74, 6) is -0.150. The summed E-state index contributed by atoms with van der Waals surface area (Å²) >= 11 is 3.05. The molecule has 4 heteroatoms. The van der Waals surface area contributed by atoms with Gasteiger partial charge in [-0.25, -0.2) is 8.78 Å². The van der Waals surface area contributed by atoms with Gasteiger partial charge in [0.1, 0.15) is 11.6 Å². The van der Waals surface area contributed by atoms with Gasteiger partial charge in [-0.2, -0.15) is 0 Å². The summed E-state index contributed by atoms with van der Waals surface area (Å²) in [6, 6.07) is 2.67. The first-order valence-corrected chi connectivity index (χ1v) is 6.31. The highest BCUT2D eigenvalue weighted by atomic mass is 79.9. The minimum atomic E-state index is -0.501. The monoisotopic (exact) mass is 289 g/mol. The fourth-order valence-corrected chi connectivity index (χ4v) is 2.03. The lowest BCUT2D eigenvalue weighted by molar-refractivity contribution is 0.524. The van der Waals surface area contributed by atoms with Gasteiger partial charge in [-0.1, -0.05) is 12.8 Å². The SMILES string of the molecule is Fc1ccc(Br)c(F)c1CNCCC1CC1. The number of hydrogen-bond donors (Lipinski definition) is 1. The van der Waals surface area contributed by atoms with Crippen LogP contribution in [0.4, 0.5) is 8.78 Å². The second kappa shape index (κ2) is 5.23. The Morgan fingerprint density at radius 2 is 2.06 bits per heavy atom. The van der Waals surface area contributed by atoms with Gasteiger partial charge in [-0.05, 0) is 46.9 Å². The van der Waals surface area contributed by atoms with Crippen LogP contribution in [0, 0.1) is 17.6 Å². The van der Waals surface area contributed by atoms with Crippen LogP contribution < -0.4 is 5.32 Å². The zero-order chi connectivity index (χ0) is 11.5. The molecule has 1 saturated carbocycles. The van der Waals surface area contributed by atoms with Gasteiger partial charge >= 0.3 is 0 Å². The third-order valence-corrected chi connectivity index (χ3v) is 3.48. The van der Waals surface area contributed by atoms with Gasteiger partial charge in [0.2, 0.25) is 0 Å². The summed E-state index contributed by atoms with van der Waals surface area (Å²) < 4.78 is 27.2. The van der Waals surface area contributed by atoms with E-state index in [-0.39, 0.29) is 12.1 Å². The van der Waals surface area contributed by atoms with Crippen molar-refractivity contribution in [2.45, 2.75) is 25.8 Å². The molecule has 0 aromatic heterocycles. The highest BCUT2D eigenvalue weighted by Gasteiger charge is 2.20. The van der Waals surface area contributed by atoms with Crippen LogP contribution in [-0.2, 0) is 6.54 Å². The molecule has 0 atom stereocenters. The minimum absolute atomic E-state index is 0.116. The standard InChI is InChI=1S/C12H14BrF2N/c13-10-3-4-11(14)9(12(10)15)7-16-6-5-8-1-2-8/h3-4,8,16H,1-2,5-7H2. The molecule has 1 N–H and O–H groups in total. The van der Waals surface area contributed by atoms with Crippen LogP contribution in [0.1, 0.15) is 24.8 Å². The van der Waals surface area contributed by atoms with Gasteiger partial charge in [-0.15, -0.1) is 0 Å². The van der Waals surface area contributed by atoms with Crippen LogP contribution in [0.2, 0.25) is 0 Å². The highest BCUT2D eigenvalue weighted by Crippen LogP contribution is 2.31. The van der Waals surface area contributed by atoms with Crippen molar-refractivity contribution in [2.75, 3.05) is 6.54 Å². The molecule has 0 aliphatic heterocycles. The van der Waals surface area contributed by atoms with Crippen molar-refractivity contribution in [3.63, 3.8) is 0 Å². The smallest absolute Gasteiger partial charge is 0.144 e. The Labute approximate surface area is 102 Å². The van der Waals surface area contributed by atoms with Crippen LogP contribution in [0.3, 0.4) is 0 Å². The Kier molecular flexibility index (Phi) is 3.92. The predicted octanol–water partition coefficient (Wildman–Crippen LogP) is 3.62. The number of benzene rings is 1. The molecule has 0 saturated heterocycles. The summed E-state index contributed by atoms with van der Waals surface area (Å²) in [5.41, 5.74) is 0.116. The normalized spacial score (nSPS) is 15.4. The molecule has 0 radical (unpaired) electrons. The van der Waals surface area contributed by atoms with Crippen molar-refractivity contribution in [2.24, 2.45) is 5.92 Å². The lowest BCUT2D eigenvalue weighted by atomic mass is 10.2. The molecule has 1 aliphatic rings. The van der Waals surface area contributed by atoms with E-state index < -0.39 is 11.6 Å². The maximum atomic E-state index is 13.5. The molecule has 1 aliphatic carbocycles. The molecule has 1 fully saturated rings. The Hall–Kier alpha value is -0.480. The average molecular weight is 290 g/mol. The van der Waals surface area contributed by atoms with Gasteiger partial charge in [-0.3, -0.25) is 0 Å². The number of rotatable bonds is 5. The molecule has 16 heavy (non-hydrogen) atoms. The predicted molar refractivity (Wildman–Crippen MR) is 63.1 cm³/mol. The maximum Gasteiger partial charge on any atom is 0.144 e. The van der Waals surface area contributed by atoms with Crippen molar-refractivity contribution in [3.05, 3.63) is 33.8 Å². The molecular formula is C12H14BrF2N. The van der Waals surface area contributed by atoms with Gasteiger partial charge in [0.25, 0.3) is 0 Å². The lowest BCUT2D eigenvalue weighted by Gasteiger charge is -2.07. The van der Waals surface area contributed by atoms with Crippen LogP contribution in [0.5, 0.6) is 0 Å². The summed E-state index contributed by atoms with van der Waals surface area (Å²) in [6.45, 7) is 1.08. The number of halogens is 3. The van der Waals surface area contributed by atoms with Gasteiger partial charge < -0.3 is 5.32 Å². The zero-order valence-electron chi connectivity index (χ0n) is 8.90. The van der Waals surface area contributed by atoms with E-state index >= 15 is 0 Å². The third kappa shape index (κ3) is 3.01. The Morgan fingerprint density at radius 3 is 2.75 bits per heavy atom. The maximum absolute atomic E-state index is 13.5. The fraction of sp³-hybridized carbons (Fsp3) is 0.500. The van der Waals surface area contributed by atoms with Crippen LogP contribution >= 0.6 is 15.9 Å². The van der Waals surface area contributed by atoms with E-state index in [1.165, 1.54) is 25.0 Å². The number of nitrogens with one attached hydrogen (secondary N) is 1. The van der Waals surface area contributed by atoms with Crippen molar-refractivity contribution in [1.82, 2.24) is 5.32 Å². The second-order valence-electron chi connectivity index (χ2n) is 4.23. The molecule has 1 nitrogen and oxygen atoms in total. The zero-order valence-corrected chi connectivity index (χ0v) is 10.5. The third-order valence-electron chi connectivity index (χ3n) is 2.87. The first-order valence-electron chi connectivity index (χ1n) is 5.51. The Bertz CT molecular complexity index is 378. The molecule has 88 valence electrons. The molecule has 1 aromatic carbocycles. The number of hydrogen-bond acceptors (Lipinski definition) is 1. The summed E-state index contributed by atoms with van der Waals surface area (Å²) in [7, 11) is 0. The van der Waals surface area contributed by atoms with Crippen molar-refractivity contribution in [3.8, 4) is 0 Å². The van der Waals surface area contributed by atoms with Gasteiger partial charge in [0, 0.05) is 12.1 Å². The first-order chi connectivity index (χ1) is 7.68. The van der Waals surface area contributed by atoms with E-state index in [9.17, 15) is 8.78 Å². The van der Waals surface area contributed by atoms with Crippen LogP contribution in [-0.4, -0.2) is 6.54 Å². The van der Waals surface area contributed by atoms with E-state index in [4.69, 9.17) is 0 Å². The molecule has 2 rings (SSSR count). The second-order valence-corrected chi connectivity index (χ2v) is 5.08. The van der Waals surface area contributed by atoms with Crippen molar-refractivity contribution >= 4 is 15.9 Å². The van der Waals surface area contributed by atoms with E-state index in [0.29, 0.717) is 4.47 Å². The molecule has 1 aromatic rings. The average Bonchev–Trinajstić information content (AvgIpc) is 3.07. The molecular weight excluding hydrogens is 276 g/mol. The first kappa shape index (κ1) is 12.0. The molecule has 0 bridgehead atoms. The van der Waals surface area contributed by atoms with Crippen molar-refractivity contribution < 1.29 is 8.78 Å². The van der Waals surface area contributed by atoms with Crippen molar-refractivity contribution in [1.29, 1.82) is 0 Å². The molecule has 0 heterocycles. The fourth-order valence-electron chi connectivity index (χ4n) is 1.66. The Morgan fingerprint density at radius 1 is 1.31 bits per heavy atom. The topological polar surface area (TPSA) is 12.0 Å². The lowest BCUT2D eigenvalue weighted by Crippen LogP contribution is -2.17. The molecule has 0 unspecified atom stereocenters. The summed E-state index contributed by atoms with van der Waals surface area (Å²) in [6.07, 6.45) is 3.72. The highest BCUT2D eigenvalue weighted by molar-refractivity contribution is 9.10. The van der Waals surface area contributed by atoms with Gasteiger partial charge in [0.15, 0.2) is 0 Å². The summed E-state index contributed by atoms with van der Waals surface area (Å²) in [5, 5.41) is 3.08. The quantitative estimate of drug-likeness (QED) is 0.645. The van der Waals surface area contributed by atoms with E-state index in [1.807, 2.05) is 0 Å². The van der Waals surface area contributed by atoms with E-state index in [1.54, 1.807) is 0 Å². The van der Waals surface area contributed by atoms with Crippen LogP contribution in [0.25, 0.3) is 0 Å². The minimum Gasteiger partial charge on any atom is -0.312 e. The van der Waals surface area contributed by atoms with Crippen LogP contribution in [0.15, 0.2) is 16.6 Å². The molecule has 0 spiro atoms. The molecule has 0 amide bonds. The Balaban J connectivity index is 1.89. The summed E-state index contributed by atoms with van der Waals surface area (Å²) in [4.78, 5) is 0. The van der Waals surface area contributed by atoms with E-state index in [2.05, 4.69) is 21.2 Å².